The molecule has 0 amide bonds. The molecule has 0 fully saturated rings. The van der Waals surface area contributed by atoms with Crippen molar-refractivity contribution in [2.45, 2.75) is 0 Å². The SMILES string of the molecule is COc1ccc2c(/C(=N/O)c3cc(OC)c(OC)c(OC)c3)c(-c3cnn(C)c3)oc2c1. The first-order valence-electron chi connectivity index (χ1n) is 9.67. The van der Waals surface area contributed by atoms with E-state index in [1.807, 2.05) is 25.4 Å². The van der Waals surface area contributed by atoms with Crippen LogP contribution in [0, 0.1) is 0 Å². The third-order valence-corrected chi connectivity index (χ3v) is 5.14. The zero-order valence-electron chi connectivity index (χ0n) is 18.4. The van der Waals surface area contributed by atoms with Gasteiger partial charge >= 0.3 is 0 Å². The van der Waals surface area contributed by atoms with Gasteiger partial charge in [-0.15, -0.1) is 0 Å². The molecular weight excluding hydrogens is 414 g/mol. The highest BCUT2D eigenvalue weighted by Gasteiger charge is 2.26. The number of hydrogen-bond donors (Lipinski definition) is 1. The van der Waals surface area contributed by atoms with Gasteiger partial charge in [-0.2, -0.15) is 5.10 Å². The third kappa shape index (κ3) is 3.47. The van der Waals surface area contributed by atoms with Crippen LogP contribution in [0.25, 0.3) is 22.3 Å². The van der Waals surface area contributed by atoms with Crippen LogP contribution >= 0.6 is 0 Å². The molecule has 0 aliphatic rings. The predicted octanol–water partition coefficient (Wildman–Crippen LogP) is 4.09. The number of aromatic nitrogens is 2. The Bertz CT molecular complexity index is 1280. The Balaban J connectivity index is 2.01. The number of aryl methyl sites for hydroxylation is 1. The standard InChI is InChI=1S/C23H23N3O6/c1-26-12-14(11-24-26)22-20(16-7-6-15(28-2)10-17(16)32-22)21(25-27)13-8-18(29-3)23(31-5)19(9-13)30-4/h6-12,27H,1-5H3/b25-21+. The molecule has 2 aromatic carbocycles. The van der Waals surface area contributed by atoms with Gasteiger partial charge in [0.2, 0.25) is 5.75 Å². The van der Waals surface area contributed by atoms with Crippen molar-refractivity contribution in [3.8, 4) is 34.3 Å². The van der Waals surface area contributed by atoms with Crippen molar-refractivity contribution in [3.05, 3.63) is 53.9 Å². The number of rotatable bonds is 7. The Morgan fingerprint density at radius 3 is 2.25 bits per heavy atom. The zero-order valence-corrected chi connectivity index (χ0v) is 18.4. The van der Waals surface area contributed by atoms with Crippen molar-refractivity contribution in [3.63, 3.8) is 0 Å². The second-order valence-electron chi connectivity index (χ2n) is 6.93. The Kier molecular flexibility index (Phi) is 5.63. The van der Waals surface area contributed by atoms with Gasteiger partial charge in [-0.1, -0.05) is 5.16 Å². The smallest absolute Gasteiger partial charge is 0.203 e. The molecule has 0 radical (unpaired) electrons. The topological polar surface area (TPSA) is 100 Å². The lowest BCUT2D eigenvalue weighted by Gasteiger charge is -2.15. The molecule has 9 nitrogen and oxygen atoms in total. The van der Waals surface area contributed by atoms with Gasteiger partial charge in [0.15, 0.2) is 11.5 Å². The Labute approximate surface area is 184 Å². The van der Waals surface area contributed by atoms with Gasteiger partial charge in [0.1, 0.15) is 22.8 Å². The molecule has 2 heterocycles. The van der Waals surface area contributed by atoms with Crippen molar-refractivity contribution in [1.29, 1.82) is 0 Å². The molecule has 4 aromatic rings. The van der Waals surface area contributed by atoms with Crippen LogP contribution in [0.4, 0.5) is 0 Å². The highest BCUT2D eigenvalue weighted by Crippen LogP contribution is 2.41. The normalized spacial score (nSPS) is 11.6. The maximum absolute atomic E-state index is 10.1. The van der Waals surface area contributed by atoms with E-state index in [0.29, 0.717) is 45.5 Å². The summed E-state index contributed by atoms with van der Waals surface area (Å²) in [5.41, 5.74) is 2.71. The van der Waals surface area contributed by atoms with E-state index in [4.69, 9.17) is 23.4 Å². The molecular formula is C23H23N3O6. The molecule has 4 rings (SSSR count). The van der Waals surface area contributed by atoms with E-state index >= 15 is 0 Å². The Morgan fingerprint density at radius 1 is 1.00 bits per heavy atom. The molecule has 2 aromatic heterocycles. The average Bonchev–Trinajstić information content (AvgIpc) is 3.41. The number of oxime groups is 1. The molecule has 0 aliphatic heterocycles. The number of methoxy groups -OCH3 is 4. The summed E-state index contributed by atoms with van der Waals surface area (Å²) in [7, 11) is 7.98. The summed E-state index contributed by atoms with van der Waals surface area (Å²) in [5.74, 6) is 2.44. The fraction of sp³-hybridized carbons (Fsp3) is 0.217. The van der Waals surface area contributed by atoms with Crippen molar-refractivity contribution in [1.82, 2.24) is 9.78 Å². The van der Waals surface area contributed by atoms with Gasteiger partial charge in [-0.3, -0.25) is 4.68 Å². The van der Waals surface area contributed by atoms with Crippen molar-refractivity contribution in [2.24, 2.45) is 12.2 Å². The lowest BCUT2D eigenvalue weighted by molar-refractivity contribution is 0.318. The first-order valence-corrected chi connectivity index (χ1v) is 9.67. The van der Waals surface area contributed by atoms with Crippen molar-refractivity contribution >= 4 is 16.7 Å². The highest BCUT2D eigenvalue weighted by molar-refractivity contribution is 6.22. The third-order valence-electron chi connectivity index (χ3n) is 5.14. The summed E-state index contributed by atoms with van der Waals surface area (Å²) in [4.78, 5) is 0. The van der Waals surface area contributed by atoms with E-state index in [1.165, 1.54) is 21.3 Å². The minimum atomic E-state index is 0.270. The predicted molar refractivity (Wildman–Crippen MR) is 118 cm³/mol. The second kappa shape index (κ2) is 8.54. The van der Waals surface area contributed by atoms with Crippen LogP contribution in [0.3, 0.4) is 0 Å². The summed E-state index contributed by atoms with van der Waals surface area (Å²) in [5, 5.41) is 18.8. The number of fused-ring (bicyclic) bond motifs is 1. The van der Waals surface area contributed by atoms with Crippen LogP contribution in [0.15, 0.2) is 52.3 Å². The maximum atomic E-state index is 10.1. The van der Waals surface area contributed by atoms with Gasteiger partial charge < -0.3 is 28.6 Å². The molecule has 0 bridgehead atoms. The summed E-state index contributed by atoms with van der Waals surface area (Å²) >= 11 is 0. The van der Waals surface area contributed by atoms with Crippen LogP contribution < -0.4 is 18.9 Å². The quantitative estimate of drug-likeness (QED) is 0.264. The first kappa shape index (κ1) is 21.1. The van der Waals surface area contributed by atoms with Crippen LogP contribution in [0.5, 0.6) is 23.0 Å². The van der Waals surface area contributed by atoms with Crippen LogP contribution in [0.1, 0.15) is 11.1 Å². The number of furan rings is 1. The zero-order chi connectivity index (χ0) is 22.8. The van der Waals surface area contributed by atoms with E-state index in [9.17, 15) is 5.21 Å². The summed E-state index contributed by atoms with van der Waals surface area (Å²) in [6, 6.07) is 8.88. The molecule has 0 saturated carbocycles. The fourth-order valence-electron chi connectivity index (χ4n) is 3.65. The summed E-state index contributed by atoms with van der Waals surface area (Å²) < 4.78 is 29.6. The van der Waals surface area contributed by atoms with Gasteiger partial charge in [-0.05, 0) is 24.3 Å². The largest absolute Gasteiger partial charge is 0.497 e. The molecule has 1 N–H and O–H groups in total. The Morgan fingerprint density at radius 2 is 1.72 bits per heavy atom. The van der Waals surface area contributed by atoms with Gasteiger partial charge in [0.25, 0.3) is 0 Å². The van der Waals surface area contributed by atoms with Gasteiger partial charge in [-0.25, -0.2) is 0 Å². The molecule has 0 atom stereocenters. The molecule has 0 spiro atoms. The van der Waals surface area contributed by atoms with Crippen molar-refractivity contribution in [2.75, 3.05) is 28.4 Å². The molecule has 0 aliphatic carbocycles. The van der Waals surface area contributed by atoms with E-state index in [-0.39, 0.29) is 5.71 Å². The van der Waals surface area contributed by atoms with Crippen LogP contribution in [0.2, 0.25) is 0 Å². The molecule has 32 heavy (non-hydrogen) atoms. The van der Waals surface area contributed by atoms with E-state index < -0.39 is 0 Å². The van der Waals surface area contributed by atoms with Crippen LogP contribution in [-0.4, -0.2) is 49.1 Å². The molecule has 166 valence electrons. The van der Waals surface area contributed by atoms with E-state index in [0.717, 1.165) is 10.9 Å². The van der Waals surface area contributed by atoms with Crippen molar-refractivity contribution < 1.29 is 28.6 Å². The minimum absolute atomic E-state index is 0.270. The Hall–Kier alpha value is -4.14. The molecule has 9 heteroatoms. The maximum Gasteiger partial charge on any atom is 0.203 e. The van der Waals surface area contributed by atoms with E-state index in [2.05, 4.69) is 10.3 Å². The molecule has 0 unspecified atom stereocenters. The first-order chi connectivity index (χ1) is 15.5. The average molecular weight is 437 g/mol. The lowest BCUT2D eigenvalue weighted by atomic mass is 9.97. The second-order valence-corrected chi connectivity index (χ2v) is 6.93. The van der Waals surface area contributed by atoms with Gasteiger partial charge in [0, 0.05) is 30.3 Å². The van der Waals surface area contributed by atoms with Gasteiger partial charge in [0.05, 0.1) is 45.8 Å². The molecule has 0 saturated heterocycles. The fourth-order valence-corrected chi connectivity index (χ4v) is 3.65. The summed E-state index contributed by atoms with van der Waals surface area (Å²) in [6.45, 7) is 0. The highest BCUT2D eigenvalue weighted by atomic mass is 16.5. The lowest BCUT2D eigenvalue weighted by Crippen LogP contribution is -2.06. The monoisotopic (exact) mass is 437 g/mol. The summed E-state index contributed by atoms with van der Waals surface area (Å²) in [6.07, 6.45) is 3.51. The minimum Gasteiger partial charge on any atom is -0.497 e. The number of ether oxygens (including phenoxy) is 4. The van der Waals surface area contributed by atoms with E-state index in [1.54, 1.807) is 36.2 Å². The van der Waals surface area contributed by atoms with Crippen LogP contribution in [-0.2, 0) is 7.05 Å². The number of nitrogens with zero attached hydrogens (tertiary/aromatic N) is 3. The number of benzene rings is 2. The number of hydrogen-bond acceptors (Lipinski definition) is 8.